The predicted molar refractivity (Wildman–Crippen MR) is 74.4 cm³/mol. The summed E-state index contributed by atoms with van der Waals surface area (Å²) in [5.41, 5.74) is 1.01. The molecule has 0 aliphatic rings. The number of ether oxygens (including phenoxy) is 2. The van der Waals surface area contributed by atoms with E-state index in [0.29, 0.717) is 28.7 Å². The molecule has 0 bridgehead atoms. The Bertz CT molecular complexity index is 548. The smallest absolute Gasteiger partial charge is 0.232 e. The van der Waals surface area contributed by atoms with Crippen molar-refractivity contribution in [1.29, 1.82) is 0 Å². The summed E-state index contributed by atoms with van der Waals surface area (Å²) in [6.45, 7) is 0.571. The van der Waals surface area contributed by atoms with Gasteiger partial charge in [-0.15, -0.1) is 0 Å². The summed E-state index contributed by atoms with van der Waals surface area (Å²) in [7, 11) is 3.15. The molecule has 0 saturated heterocycles. The largest absolute Gasteiger partial charge is 0.481 e. The van der Waals surface area contributed by atoms with E-state index in [1.165, 1.54) is 0 Å². The molecule has 2 heterocycles. The summed E-state index contributed by atoms with van der Waals surface area (Å²) >= 11 is 3.30. The average molecular weight is 325 g/mol. The van der Waals surface area contributed by atoms with Crippen LogP contribution in [0.3, 0.4) is 0 Å². The highest BCUT2D eigenvalue weighted by molar-refractivity contribution is 9.10. The van der Waals surface area contributed by atoms with Crippen LogP contribution in [0.25, 0.3) is 0 Å². The van der Waals surface area contributed by atoms with Crippen molar-refractivity contribution in [2.24, 2.45) is 0 Å². The maximum Gasteiger partial charge on any atom is 0.232 e. The van der Waals surface area contributed by atoms with Gasteiger partial charge in [-0.05, 0) is 21.5 Å². The number of aromatic nitrogens is 3. The molecule has 0 radical (unpaired) electrons. The Kier molecular flexibility index (Phi) is 4.51. The molecule has 2 rings (SSSR count). The highest BCUT2D eigenvalue weighted by atomic mass is 79.9. The summed E-state index contributed by atoms with van der Waals surface area (Å²) in [6, 6.07) is 3.73. The number of hydrogen-bond donors (Lipinski definition) is 1. The van der Waals surface area contributed by atoms with Gasteiger partial charge < -0.3 is 14.8 Å². The standard InChI is InChI=1S/C12H13BrN4O2/c1-18-10-4-3-8(5-14-10)6-15-12-16-7-9(13)11(17-12)19-2/h3-5,7H,6H2,1-2H3,(H,15,16,17). The van der Waals surface area contributed by atoms with Crippen LogP contribution in [0.1, 0.15) is 5.56 Å². The molecular weight excluding hydrogens is 312 g/mol. The normalized spacial score (nSPS) is 10.1. The third-order valence-electron chi connectivity index (χ3n) is 2.36. The van der Waals surface area contributed by atoms with Gasteiger partial charge in [-0.2, -0.15) is 4.98 Å². The first-order valence-corrected chi connectivity index (χ1v) is 6.31. The number of halogens is 1. The van der Waals surface area contributed by atoms with Crippen LogP contribution in [0.2, 0.25) is 0 Å². The van der Waals surface area contributed by atoms with Crippen LogP contribution in [-0.4, -0.2) is 29.2 Å². The fourth-order valence-corrected chi connectivity index (χ4v) is 1.75. The molecule has 0 amide bonds. The molecule has 19 heavy (non-hydrogen) atoms. The van der Waals surface area contributed by atoms with Crippen molar-refractivity contribution in [2.75, 3.05) is 19.5 Å². The van der Waals surface area contributed by atoms with Gasteiger partial charge >= 0.3 is 0 Å². The highest BCUT2D eigenvalue weighted by Crippen LogP contribution is 2.21. The second-order valence-corrected chi connectivity index (χ2v) is 4.47. The van der Waals surface area contributed by atoms with Gasteiger partial charge in [0.2, 0.25) is 17.7 Å². The van der Waals surface area contributed by atoms with Crippen LogP contribution in [0.5, 0.6) is 11.8 Å². The van der Waals surface area contributed by atoms with Crippen LogP contribution >= 0.6 is 15.9 Å². The van der Waals surface area contributed by atoms with Crippen molar-refractivity contribution in [2.45, 2.75) is 6.54 Å². The third-order valence-corrected chi connectivity index (χ3v) is 2.91. The van der Waals surface area contributed by atoms with Gasteiger partial charge in [-0.25, -0.2) is 9.97 Å². The Morgan fingerprint density at radius 2 is 2.00 bits per heavy atom. The van der Waals surface area contributed by atoms with Crippen LogP contribution < -0.4 is 14.8 Å². The molecule has 0 spiro atoms. The van der Waals surface area contributed by atoms with E-state index in [4.69, 9.17) is 9.47 Å². The van der Waals surface area contributed by atoms with Crippen LogP contribution in [0, 0.1) is 0 Å². The van der Waals surface area contributed by atoms with Gasteiger partial charge in [0.1, 0.15) is 0 Å². The molecule has 7 heteroatoms. The Morgan fingerprint density at radius 1 is 1.16 bits per heavy atom. The van der Waals surface area contributed by atoms with E-state index >= 15 is 0 Å². The summed E-state index contributed by atoms with van der Waals surface area (Å²) < 4.78 is 10.8. The van der Waals surface area contributed by atoms with Crippen molar-refractivity contribution in [3.8, 4) is 11.8 Å². The van der Waals surface area contributed by atoms with Crippen LogP contribution in [0.4, 0.5) is 5.95 Å². The highest BCUT2D eigenvalue weighted by Gasteiger charge is 2.04. The number of nitrogens with one attached hydrogen (secondary N) is 1. The molecule has 1 N–H and O–H groups in total. The minimum absolute atomic E-state index is 0.491. The second-order valence-electron chi connectivity index (χ2n) is 3.61. The number of rotatable bonds is 5. The average Bonchev–Trinajstić information content (AvgIpc) is 2.47. The van der Waals surface area contributed by atoms with Crippen molar-refractivity contribution >= 4 is 21.9 Å². The summed E-state index contributed by atoms with van der Waals surface area (Å²) in [4.78, 5) is 12.5. The first-order valence-electron chi connectivity index (χ1n) is 5.52. The monoisotopic (exact) mass is 324 g/mol. The zero-order valence-electron chi connectivity index (χ0n) is 10.6. The number of pyridine rings is 1. The fourth-order valence-electron chi connectivity index (χ4n) is 1.40. The van der Waals surface area contributed by atoms with E-state index in [1.54, 1.807) is 32.7 Å². The Balaban J connectivity index is 2.01. The van der Waals surface area contributed by atoms with Gasteiger partial charge in [0.25, 0.3) is 0 Å². The van der Waals surface area contributed by atoms with Crippen molar-refractivity contribution in [3.63, 3.8) is 0 Å². The van der Waals surface area contributed by atoms with E-state index in [9.17, 15) is 0 Å². The van der Waals surface area contributed by atoms with E-state index in [0.717, 1.165) is 5.56 Å². The van der Waals surface area contributed by atoms with Gasteiger partial charge in [-0.1, -0.05) is 6.07 Å². The topological polar surface area (TPSA) is 69.2 Å². The summed E-state index contributed by atoms with van der Waals surface area (Å²) in [6.07, 6.45) is 3.38. The minimum atomic E-state index is 0.491. The van der Waals surface area contributed by atoms with Gasteiger partial charge in [0, 0.05) is 18.8 Å². The van der Waals surface area contributed by atoms with Crippen LogP contribution in [-0.2, 0) is 6.54 Å². The lowest BCUT2D eigenvalue weighted by Crippen LogP contribution is -2.05. The summed E-state index contributed by atoms with van der Waals surface area (Å²) in [5.74, 6) is 1.58. The molecule has 6 nitrogen and oxygen atoms in total. The maximum atomic E-state index is 5.10. The number of hydrogen-bond acceptors (Lipinski definition) is 6. The van der Waals surface area contributed by atoms with Crippen molar-refractivity contribution in [3.05, 3.63) is 34.6 Å². The zero-order chi connectivity index (χ0) is 13.7. The Hall–Kier alpha value is -1.89. The number of methoxy groups -OCH3 is 2. The molecule has 0 aromatic carbocycles. The molecule has 2 aromatic rings. The SMILES string of the molecule is COc1ccc(CNc2ncc(Br)c(OC)n2)cn1. The fraction of sp³-hybridized carbons (Fsp3) is 0.250. The summed E-state index contributed by atoms with van der Waals surface area (Å²) in [5, 5.41) is 3.10. The molecule has 2 aromatic heterocycles. The molecule has 0 aliphatic carbocycles. The maximum absolute atomic E-state index is 5.10. The predicted octanol–water partition coefficient (Wildman–Crippen LogP) is 2.26. The quantitative estimate of drug-likeness (QED) is 0.909. The van der Waals surface area contributed by atoms with Gasteiger partial charge in [0.15, 0.2) is 0 Å². The van der Waals surface area contributed by atoms with Gasteiger partial charge in [-0.3, -0.25) is 0 Å². The molecule has 0 fully saturated rings. The molecule has 100 valence electrons. The molecule has 0 aliphatic heterocycles. The second kappa shape index (κ2) is 6.33. The van der Waals surface area contributed by atoms with Gasteiger partial charge in [0.05, 0.1) is 24.9 Å². The molecule has 0 atom stereocenters. The third kappa shape index (κ3) is 3.54. The zero-order valence-corrected chi connectivity index (χ0v) is 12.1. The van der Waals surface area contributed by atoms with E-state index in [-0.39, 0.29) is 0 Å². The minimum Gasteiger partial charge on any atom is -0.481 e. The first kappa shape index (κ1) is 13.5. The van der Waals surface area contributed by atoms with E-state index in [1.807, 2.05) is 6.07 Å². The number of nitrogens with zero attached hydrogens (tertiary/aromatic N) is 3. The Morgan fingerprint density at radius 3 is 2.63 bits per heavy atom. The van der Waals surface area contributed by atoms with E-state index in [2.05, 4.69) is 36.2 Å². The lowest BCUT2D eigenvalue weighted by molar-refractivity contribution is 0.394. The van der Waals surface area contributed by atoms with Crippen LogP contribution in [0.15, 0.2) is 29.0 Å². The lowest BCUT2D eigenvalue weighted by atomic mass is 10.3. The molecule has 0 unspecified atom stereocenters. The van der Waals surface area contributed by atoms with Crippen molar-refractivity contribution in [1.82, 2.24) is 15.0 Å². The first-order chi connectivity index (χ1) is 9.22. The Labute approximate surface area is 119 Å². The lowest BCUT2D eigenvalue weighted by Gasteiger charge is -2.07. The molecular formula is C12H13BrN4O2. The van der Waals surface area contributed by atoms with E-state index < -0.39 is 0 Å². The number of anilines is 1. The van der Waals surface area contributed by atoms with Crippen molar-refractivity contribution < 1.29 is 9.47 Å². The molecule has 0 saturated carbocycles.